The number of nitrogens with zero attached hydrogens (tertiary/aromatic N) is 2. The summed E-state index contributed by atoms with van der Waals surface area (Å²) in [7, 11) is 0. The van der Waals surface area contributed by atoms with Gasteiger partial charge in [-0.05, 0) is 12.8 Å². The second-order valence-corrected chi connectivity index (χ2v) is 2.97. The number of ether oxygens (including phenoxy) is 1. The molecule has 0 aliphatic carbocycles. The van der Waals surface area contributed by atoms with E-state index in [1.807, 2.05) is 0 Å². The first kappa shape index (κ1) is 10.6. The Balaban J connectivity index is 2.48. The fraction of sp³-hybridized carbons (Fsp3) is 0.625. The van der Waals surface area contributed by atoms with E-state index in [2.05, 4.69) is 4.99 Å². The standard InChI is InChI=1S/C8H13N3O3/c9-5-8(11(12)13)6-10-7-1-3-14-4-2-7/h5-7H,1-4,9H2. The third-order valence-electron chi connectivity index (χ3n) is 1.99. The molecule has 6 nitrogen and oxygen atoms in total. The maximum atomic E-state index is 10.3. The number of allylic oxidation sites excluding steroid dienone is 1. The third kappa shape index (κ3) is 3.14. The Morgan fingerprint density at radius 3 is 2.71 bits per heavy atom. The molecule has 0 atom stereocenters. The Labute approximate surface area is 81.6 Å². The van der Waals surface area contributed by atoms with E-state index in [9.17, 15) is 10.1 Å². The van der Waals surface area contributed by atoms with Crippen LogP contribution in [0, 0.1) is 10.1 Å². The summed E-state index contributed by atoms with van der Waals surface area (Å²) in [5.74, 6) is 0. The topological polar surface area (TPSA) is 90.8 Å². The Bertz CT molecular complexity index is 257. The summed E-state index contributed by atoms with van der Waals surface area (Å²) in [5.41, 5.74) is 4.90. The Morgan fingerprint density at radius 1 is 1.57 bits per heavy atom. The molecule has 1 saturated heterocycles. The van der Waals surface area contributed by atoms with Crippen LogP contribution in [0.1, 0.15) is 12.8 Å². The van der Waals surface area contributed by atoms with Gasteiger partial charge in [-0.1, -0.05) is 0 Å². The summed E-state index contributed by atoms with van der Waals surface area (Å²) >= 11 is 0. The van der Waals surface area contributed by atoms with Crippen molar-refractivity contribution in [3.05, 3.63) is 22.0 Å². The summed E-state index contributed by atoms with van der Waals surface area (Å²) in [6, 6.07) is 0.124. The van der Waals surface area contributed by atoms with E-state index in [1.54, 1.807) is 0 Å². The van der Waals surface area contributed by atoms with Crippen LogP contribution in [-0.2, 0) is 4.74 Å². The third-order valence-corrected chi connectivity index (χ3v) is 1.99. The highest BCUT2D eigenvalue weighted by Gasteiger charge is 2.13. The van der Waals surface area contributed by atoms with Crippen molar-refractivity contribution in [2.24, 2.45) is 10.7 Å². The molecule has 1 rings (SSSR count). The molecule has 0 bridgehead atoms. The molecule has 1 fully saturated rings. The lowest BCUT2D eigenvalue weighted by Gasteiger charge is -2.17. The molecule has 1 aliphatic rings. The number of nitrogens with two attached hydrogens (primary N) is 1. The number of rotatable bonds is 3. The van der Waals surface area contributed by atoms with Crippen molar-refractivity contribution >= 4 is 6.21 Å². The fourth-order valence-electron chi connectivity index (χ4n) is 1.17. The molecule has 0 saturated carbocycles. The van der Waals surface area contributed by atoms with Crippen LogP contribution in [0.2, 0.25) is 0 Å². The normalized spacial score (nSPS) is 20.1. The van der Waals surface area contributed by atoms with Gasteiger partial charge < -0.3 is 10.5 Å². The van der Waals surface area contributed by atoms with Gasteiger partial charge in [-0.3, -0.25) is 15.1 Å². The molecule has 0 unspecified atom stereocenters. The van der Waals surface area contributed by atoms with Crippen LogP contribution in [-0.4, -0.2) is 30.4 Å². The van der Waals surface area contributed by atoms with E-state index in [4.69, 9.17) is 10.5 Å². The first-order valence-corrected chi connectivity index (χ1v) is 4.41. The second-order valence-electron chi connectivity index (χ2n) is 2.97. The van der Waals surface area contributed by atoms with Crippen molar-refractivity contribution in [1.29, 1.82) is 0 Å². The molecule has 0 radical (unpaired) electrons. The molecule has 0 aromatic rings. The zero-order chi connectivity index (χ0) is 10.4. The van der Waals surface area contributed by atoms with Crippen LogP contribution in [0.4, 0.5) is 0 Å². The van der Waals surface area contributed by atoms with Crippen LogP contribution in [0.25, 0.3) is 0 Å². The summed E-state index contributed by atoms with van der Waals surface area (Å²) < 4.78 is 5.13. The molecule has 0 aromatic heterocycles. The maximum absolute atomic E-state index is 10.3. The van der Waals surface area contributed by atoms with Gasteiger partial charge in [-0.25, -0.2) is 0 Å². The minimum absolute atomic E-state index is 0.124. The highest BCUT2D eigenvalue weighted by Crippen LogP contribution is 2.10. The molecule has 1 aliphatic heterocycles. The van der Waals surface area contributed by atoms with Crippen LogP contribution in [0.3, 0.4) is 0 Å². The number of aliphatic imine (C=N–C) groups is 1. The highest BCUT2D eigenvalue weighted by molar-refractivity contribution is 5.75. The van der Waals surface area contributed by atoms with Crippen LogP contribution >= 0.6 is 0 Å². The van der Waals surface area contributed by atoms with Gasteiger partial charge in [0.2, 0.25) is 0 Å². The smallest absolute Gasteiger partial charge is 0.302 e. The minimum atomic E-state index is -0.553. The quantitative estimate of drug-likeness (QED) is 0.402. The molecule has 14 heavy (non-hydrogen) atoms. The Kier molecular flexibility index (Phi) is 4.06. The molecule has 78 valence electrons. The zero-order valence-electron chi connectivity index (χ0n) is 7.76. The number of hydrogen-bond donors (Lipinski definition) is 1. The lowest BCUT2D eigenvalue weighted by molar-refractivity contribution is -0.414. The average molecular weight is 199 g/mol. The fourth-order valence-corrected chi connectivity index (χ4v) is 1.17. The Hall–Kier alpha value is -1.43. The SMILES string of the molecule is NC=C(C=NC1CCOCC1)[N+](=O)[O-]. The number of hydrogen-bond acceptors (Lipinski definition) is 5. The van der Waals surface area contributed by atoms with Crippen molar-refractivity contribution in [2.75, 3.05) is 13.2 Å². The lowest BCUT2D eigenvalue weighted by atomic mass is 10.1. The largest absolute Gasteiger partial charge is 0.399 e. The van der Waals surface area contributed by atoms with Gasteiger partial charge in [-0.2, -0.15) is 0 Å². The summed E-state index contributed by atoms with van der Waals surface area (Å²) in [6.45, 7) is 1.34. The van der Waals surface area contributed by atoms with Crippen LogP contribution < -0.4 is 5.73 Å². The van der Waals surface area contributed by atoms with Crippen molar-refractivity contribution in [1.82, 2.24) is 0 Å². The predicted octanol–water partition coefficient (Wildman–Crippen LogP) is 0.313. The molecule has 0 spiro atoms. The van der Waals surface area contributed by atoms with Gasteiger partial charge in [0, 0.05) is 13.2 Å². The van der Waals surface area contributed by atoms with E-state index >= 15 is 0 Å². The van der Waals surface area contributed by atoms with Crippen molar-refractivity contribution in [2.45, 2.75) is 18.9 Å². The van der Waals surface area contributed by atoms with E-state index in [1.165, 1.54) is 6.21 Å². The van der Waals surface area contributed by atoms with Gasteiger partial charge in [0.05, 0.1) is 17.2 Å². The predicted molar refractivity (Wildman–Crippen MR) is 51.6 cm³/mol. The van der Waals surface area contributed by atoms with Crippen molar-refractivity contribution in [3.8, 4) is 0 Å². The van der Waals surface area contributed by atoms with E-state index in [0.29, 0.717) is 13.2 Å². The average Bonchev–Trinajstić information content (AvgIpc) is 2.20. The van der Waals surface area contributed by atoms with E-state index in [-0.39, 0.29) is 11.7 Å². The summed E-state index contributed by atoms with van der Waals surface area (Å²) in [4.78, 5) is 13.9. The minimum Gasteiger partial charge on any atom is -0.399 e. The molecule has 6 heteroatoms. The first-order chi connectivity index (χ1) is 6.74. The Morgan fingerprint density at radius 2 is 2.21 bits per heavy atom. The first-order valence-electron chi connectivity index (χ1n) is 4.41. The van der Waals surface area contributed by atoms with Gasteiger partial charge in [0.25, 0.3) is 0 Å². The monoisotopic (exact) mass is 199 g/mol. The van der Waals surface area contributed by atoms with Gasteiger partial charge >= 0.3 is 5.70 Å². The molecule has 2 N–H and O–H groups in total. The van der Waals surface area contributed by atoms with Crippen LogP contribution in [0.15, 0.2) is 16.9 Å². The zero-order valence-corrected chi connectivity index (χ0v) is 7.76. The molecular weight excluding hydrogens is 186 g/mol. The van der Waals surface area contributed by atoms with Gasteiger partial charge in [-0.15, -0.1) is 0 Å². The van der Waals surface area contributed by atoms with Crippen LogP contribution in [0.5, 0.6) is 0 Å². The summed E-state index contributed by atoms with van der Waals surface area (Å²) in [6.07, 6.45) is 3.79. The van der Waals surface area contributed by atoms with E-state index in [0.717, 1.165) is 19.0 Å². The molecule has 1 heterocycles. The van der Waals surface area contributed by atoms with Gasteiger partial charge in [0.15, 0.2) is 0 Å². The second kappa shape index (κ2) is 5.33. The maximum Gasteiger partial charge on any atom is 0.302 e. The highest BCUT2D eigenvalue weighted by atomic mass is 16.6. The summed E-state index contributed by atoms with van der Waals surface area (Å²) in [5, 5.41) is 10.3. The van der Waals surface area contributed by atoms with Crippen molar-refractivity contribution < 1.29 is 9.66 Å². The van der Waals surface area contributed by atoms with Gasteiger partial charge in [0.1, 0.15) is 6.21 Å². The lowest BCUT2D eigenvalue weighted by Crippen LogP contribution is -2.19. The molecular formula is C8H13N3O3. The molecule has 0 aromatic carbocycles. The number of nitro groups is 1. The van der Waals surface area contributed by atoms with E-state index < -0.39 is 4.92 Å². The van der Waals surface area contributed by atoms with Crippen molar-refractivity contribution in [3.63, 3.8) is 0 Å². The molecule has 0 amide bonds.